The van der Waals surface area contributed by atoms with Gasteiger partial charge in [0, 0.05) is 25.0 Å². The number of aromatic nitrogens is 1. The van der Waals surface area contributed by atoms with E-state index in [1.165, 1.54) is 18.2 Å². The van der Waals surface area contributed by atoms with Gasteiger partial charge in [-0.3, -0.25) is 0 Å². The molecule has 18 heteroatoms. The van der Waals surface area contributed by atoms with Crippen molar-refractivity contribution in [1.82, 2.24) is 20.1 Å². The second kappa shape index (κ2) is 15.4. The van der Waals surface area contributed by atoms with Gasteiger partial charge in [-0.25, -0.2) is 13.2 Å². The molecule has 0 saturated carbocycles. The van der Waals surface area contributed by atoms with Gasteiger partial charge in [0.1, 0.15) is 11.8 Å². The van der Waals surface area contributed by atoms with Crippen LogP contribution in [0.4, 0.5) is 26.7 Å². The van der Waals surface area contributed by atoms with E-state index in [-0.39, 0.29) is 53.0 Å². The second-order valence-electron chi connectivity index (χ2n) is 12.8. The van der Waals surface area contributed by atoms with Gasteiger partial charge in [-0.1, -0.05) is 49.3 Å². The van der Waals surface area contributed by atoms with Gasteiger partial charge in [-0.05, 0) is 42.5 Å². The van der Waals surface area contributed by atoms with Crippen molar-refractivity contribution >= 4 is 27.1 Å². The zero-order chi connectivity index (χ0) is 36.3. The van der Waals surface area contributed by atoms with Crippen LogP contribution in [0, 0.1) is 11.8 Å². The fourth-order valence-electron chi connectivity index (χ4n) is 5.88. The Balaban J connectivity index is 1.34. The minimum absolute atomic E-state index is 0.0347. The van der Waals surface area contributed by atoms with Gasteiger partial charge >= 0.3 is 18.2 Å². The van der Waals surface area contributed by atoms with Crippen molar-refractivity contribution in [2.24, 2.45) is 11.8 Å². The van der Waals surface area contributed by atoms with Crippen LogP contribution in [0.15, 0.2) is 57.9 Å². The van der Waals surface area contributed by atoms with Crippen molar-refractivity contribution in [3.05, 3.63) is 59.8 Å². The van der Waals surface area contributed by atoms with Gasteiger partial charge in [-0.2, -0.15) is 26.3 Å². The second-order valence-corrected chi connectivity index (χ2v) is 14.7. The summed E-state index contributed by atoms with van der Waals surface area (Å²) in [6.45, 7) is 1.43. The van der Waals surface area contributed by atoms with Gasteiger partial charge in [0.2, 0.25) is 10.0 Å². The quantitative estimate of drug-likeness (QED) is 0.194. The lowest BCUT2D eigenvalue weighted by Gasteiger charge is -2.31. The standard InChI is InChI=1S/C32H39F5N4O8S/c1-19(2)15-41(50(44,45)21-8-9-27-23(13-21)25(40-49-27)14-38-18-31(33,34)32(35,36)37)16-26(42)24(12-20-6-4-3-5-7-20)39-30(43)48-28-17-47-29-22(28)10-11-46-29/h3-9,13,19,22,24,26,28-29,38,42H,10-12,14-18H2,1-2H3,(H,39,43)/t22-,24-,26+,28-,29+/m0/s1. The fraction of sp³-hybridized carbons (Fsp3) is 0.562. The van der Waals surface area contributed by atoms with E-state index in [4.69, 9.17) is 18.7 Å². The SMILES string of the molecule is CC(C)CN(C[C@@H](O)[C@H](Cc1ccccc1)NC(=O)O[C@H]1CO[C@H]2OCC[C@H]21)S(=O)(=O)c1ccc2onc(CNCC(F)(F)C(F)(F)F)c2c1. The predicted octanol–water partition coefficient (Wildman–Crippen LogP) is 4.22. The van der Waals surface area contributed by atoms with Crippen LogP contribution in [0.5, 0.6) is 0 Å². The van der Waals surface area contributed by atoms with E-state index in [1.54, 1.807) is 44.2 Å². The Morgan fingerprint density at radius 1 is 1.10 bits per heavy atom. The third kappa shape index (κ3) is 8.89. The average molecular weight is 735 g/mol. The molecule has 2 aromatic carbocycles. The minimum Gasteiger partial charge on any atom is -0.443 e. The lowest BCUT2D eigenvalue weighted by atomic mass is 10.0. The Morgan fingerprint density at radius 2 is 1.84 bits per heavy atom. The van der Waals surface area contributed by atoms with Crippen LogP contribution in [-0.4, -0.2) is 98.6 Å². The summed E-state index contributed by atoms with van der Waals surface area (Å²) in [5, 5.41) is 20.0. The molecule has 3 N–H and O–H groups in total. The Bertz CT molecular complexity index is 1710. The smallest absolute Gasteiger partial charge is 0.443 e. The lowest BCUT2D eigenvalue weighted by molar-refractivity contribution is -0.279. The monoisotopic (exact) mass is 734 g/mol. The van der Waals surface area contributed by atoms with E-state index in [2.05, 4.69) is 10.5 Å². The number of nitrogens with zero attached hydrogens (tertiary/aromatic N) is 2. The number of aliphatic hydroxyl groups excluding tert-OH is 1. The van der Waals surface area contributed by atoms with Crippen LogP contribution in [0.3, 0.4) is 0 Å². The molecule has 5 atom stereocenters. The van der Waals surface area contributed by atoms with E-state index < -0.39 is 72.4 Å². The van der Waals surface area contributed by atoms with Crippen molar-refractivity contribution in [3.63, 3.8) is 0 Å². The molecule has 1 amide bonds. The molecule has 3 aromatic rings. The summed E-state index contributed by atoms with van der Waals surface area (Å²) < 4.78 is 116. The molecule has 276 valence electrons. The van der Waals surface area contributed by atoms with Crippen molar-refractivity contribution in [2.45, 2.75) is 74.8 Å². The Labute approximate surface area is 285 Å². The number of benzene rings is 2. The summed E-state index contributed by atoms with van der Waals surface area (Å²) >= 11 is 0. The van der Waals surface area contributed by atoms with E-state index in [0.717, 1.165) is 9.87 Å². The van der Waals surface area contributed by atoms with Crippen LogP contribution < -0.4 is 10.6 Å². The normalized spacial score (nSPS) is 21.1. The average Bonchev–Trinajstić information content (AvgIpc) is 3.77. The van der Waals surface area contributed by atoms with E-state index in [1.807, 2.05) is 5.32 Å². The molecule has 2 aliphatic rings. The van der Waals surface area contributed by atoms with Crippen molar-refractivity contribution < 1.29 is 59.0 Å². The maximum absolute atomic E-state index is 14.1. The zero-order valence-electron chi connectivity index (χ0n) is 27.2. The molecule has 0 radical (unpaired) electrons. The molecule has 50 heavy (non-hydrogen) atoms. The third-order valence-electron chi connectivity index (χ3n) is 8.48. The van der Waals surface area contributed by atoms with E-state index in [0.29, 0.717) is 13.0 Å². The topological polar surface area (TPSA) is 152 Å². The van der Waals surface area contributed by atoms with Crippen LogP contribution >= 0.6 is 0 Å². The molecule has 1 aromatic heterocycles. The van der Waals surface area contributed by atoms with Crippen LogP contribution in [0.2, 0.25) is 0 Å². The summed E-state index contributed by atoms with van der Waals surface area (Å²) in [5.74, 6) is -5.33. The first-order chi connectivity index (χ1) is 23.5. The highest BCUT2D eigenvalue weighted by atomic mass is 32.2. The van der Waals surface area contributed by atoms with Crippen molar-refractivity contribution in [1.29, 1.82) is 0 Å². The number of sulfonamides is 1. The van der Waals surface area contributed by atoms with Crippen LogP contribution in [-0.2, 0) is 37.2 Å². The Hall–Kier alpha value is -3.42. The minimum atomic E-state index is -5.76. The summed E-state index contributed by atoms with van der Waals surface area (Å²) in [6, 6.07) is 11.7. The first-order valence-electron chi connectivity index (χ1n) is 16.0. The van der Waals surface area contributed by atoms with Gasteiger partial charge in [0.15, 0.2) is 11.9 Å². The number of aliphatic hydroxyl groups is 1. The highest BCUT2D eigenvalue weighted by Gasteiger charge is 2.57. The molecule has 2 fully saturated rings. The number of nitrogens with one attached hydrogen (secondary N) is 2. The largest absolute Gasteiger partial charge is 0.454 e. The number of carbonyl (C=O) groups excluding carboxylic acids is 1. The number of halogens is 5. The number of amides is 1. The number of ether oxygens (including phenoxy) is 3. The summed E-state index contributed by atoms with van der Waals surface area (Å²) in [4.78, 5) is 12.8. The molecule has 12 nitrogen and oxygen atoms in total. The van der Waals surface area contributed by atoms with Gasteiger partial charge < -0.3 is 34.5 Å². The first-order valence-corrected chi connectivity index (χ1v) is 17.4. The first kappa shape index (κ1) is 37.8. The van der Waals surface area contributed by atoms with Crippen LogP contribution in [0.1, 0.15) is 31.5 Å². The van der Waals surface area contributed by atoms with E-state index >= 15 is 0 Å². The van der Waals surface area contributed by atoms with Gasteiger partial charge in [0.25, 0.3) is 0 Å². The third-order valence-corrected chi connectivity index (χ3v) is 10.3. The highest BCUT2D eigenvalue weighted by Crippen LogP contribution is 2.35. The van der Waals surface area contributed by atoms with E-state index in [9.17, 15) is 40.3 Å². The maximum atomic E-state index is 14.1. The summed E-state index contributed by atoms with van der Waals surface area (Å²) in [5.41, 5.74) is 0.752. The summed E-state index contributed by atoms with van der Waals surface area (Å²) in [6.07, 6.45) is -8.19. The fourth-order valence-corrected chi connectivity index (χ4v) is 7.53. The molecule has 0 bridgehead atoms. The number of hydrogen-bond acceptors (Lipinski definition) is 10. The molecular formula is C32H39F5N4O8S. The number of alkyl carbamates (subject to hydrolysis) is 1. The number of alkyl halides is 5. The van der Waals surface area contributed by atoms with Gasteiger partial charge in [-0.15, -0.1) is 0 Å². The lowest BCUT2D eigenvalue weighted by Crippen LogP contribution is -2.51. The zero-order valence-corrected chi connectivity index (χ0v) is 28.1. The molecule has 2 saturated heterocycles. The number of fused-ring (bicyclic) bond motifs is 2. The molecular weight excluding hydrogens is 695 g/mol. The molecule has 0 unspecified atom stereocenters. The van der Waals surface area contributed by atoms with Crippen molar-refractivity contribution in [2.75, 3.05) is 32.8 Å². The number of carbonyl (C=O) groups is 1. The van der Waals surface area contributed by atoms with Crippen molar-refractivity contribution in [3.8, 4) is 0 Å². The Kier molecular flexibility index (Phi) is 11.7. The maximum Gasteiger partial charge on any atom is 0.454 e. The molecule has 2 aliphatic heterocycles. The highest BCUT2D eigenvalue weighted by molar-refractivity contribution is 7.89. The number of rotatable bonds is 15. The molecule has 3 heterocycles. The molecule has 0 aliphatic carbocycles. The molecule has 0 spiro atoms. The summed E-state index contributed by atoms with van der Waals surface area (Å²) in [7, 11) is -4.36. The van der Waals surface area contributed by atoms with Crippen LogP contribution in [0.25, 0.3) is 11.0 Å². The van der Waals surface area contributed by atoms with Gasteiger partial charge in [0.05, 0.1) is 42.7 Å². The molecule has 5 rings (SSSR count). The number of hydrogen-bond donors (Lipinski definition) is 3. The predicted molar refractivity (Wildman–Crippen MR) is 167 cm³/mol. The Morgan fingerprint density at radius 3 is 2.54 bits per heavy atom.